The first-order chi connectivity index (χ1) is 9.88. The van der Waals surface area contributed by atoms with Crippen LogP contribution in [0.25, 0.3) is 21.8 Å². The maximum absolute atomic E-state index is 5.71. The summed E-state index contributed by atoms with van der Waals surface area (Å²) in [5, 5.41) is 0.973. The first-order valence-corrected chi connectivity index (χ1v) is 7.20. The van der Waals surface area contributed by atoms with E-state index >= 15 is 0 Å². The molecule has 0 aliphatic rings. The second kappa shape index (κ2) is 5.90. The van der Waals surface area contributed by atoms with Crippen molar-refractivity contribution in [1.29, 1.82) is 0 Å². The molecule has 5 heteroatoms. The van der Waals surface area contributed by atoms with E-state index in [0.717, 1.165) is 28.2 Å². The van der Waals surface area contributed by atoms with Gasteiger partial charge in [-0.15, -0.1) is 11.3 Å². The second-order valence-corrected chi connectivity index (χ2v) is 5.40. The number of thiazole rings is 1. The molecule has 0 radical (unpaired) electrons. The highest BCUT2D eigenvalue weighted by Gasteiger charge is 2.13. The molecule has 100 valence electrons. The smallest absolute Gasteiger partial charge is 0.125 e. The fraction of sp³-hybridized carbons (Fsp3) is 0.133. The van der Waals surface area contributed by atoms with E-state index in [4.69, 9.17) is 10.7 Å². The van der Waals surface area contributed by atoms with Crippen molar-refractivity contribution < 1.29 is 0 Å². The van der Waals surface area contributed by atoms with E-state index in [-0.39, 0.29) is 0 Å². The van der Waals surface area contributed by atoms with Crippen LogP contribution >= 0.6 is 11.3 Å². The van der Waals surface area contributed by atoms with Crippen LogP contribution in [0.15, 0.2) is 49.1 Å². The molecule has 3 aromatic rings. The van der Waals surface area contributed by atoms with Crippen molar-refractivity contribution in [2.75, 3.05) is 6.54 Å². The minimum absolute atomic E-state index is 0.613. The lowest BCUT2D eigenvalue weighted by molar-refractivity contribution is 0.986. The van der Waals surface area contributed by atoms with Gasteiger partial charge in [0.15, 0.2) is 0 Å². The quantitative estimate of drug-likeness (QED) is 0.799. The number of nitrogens with two attached hydrogens (primary N) is 1. The van der Waals surface area contributed by atoms with Crippen LogP contribution in [0, 0.1) is 0 Å². The third kappa shape index (κ3) is 2.59. The molecule has 2 N–H and O–H groups in total. The Hall–Kier alpha value is -2.11. The Balaban J connectivity index is 2.08. The van der Waals surface area contributed by atoms with Crippen LogP contribution in [0.5, 0.6) is 0 Å². The van der Waals surface area contributed by atoms with Gasteiger partial charge in [0.05, 0.1) is 5.69 Å². The van der Waals surface area contributed by atoms with Gasteiger partial charge in [-0.2, -0.15) is 0 Å². The average Bonchev–Trinajstić information content (AvgIpc) is 2.94. The van der Waals surface area contributed by atoms with Gasteiger partial charge in [-0.3, -0.25) is 9.97 Å². The number of hydrogen-bond donors (Lipinski definition) is 1. The lowest BCUT2D eigenvalue weighted by Gasteiger charge is -1.99. The van der Waals surface area contributed by atoms with Gasteiger partial charge < -0.3 is 5.73 Å². The molecule has 0 atom stereocenters. The van der Waals surface area contributed by atoms with Crippen LogP contribution < -0.4 is 5.73 Å². The summed E-state index contributed by atoms with van der Waals surface area (Å²) in [5.74, 6) is 0. The first-order valence-electron chi connectivity index (χ1n) is 6.39. The lowest BCUT2D eigenvalue weighted by Crippen LogP contribution is -2.02. The van der Waals surface area contributed by atoms with Crippen molar-refractivity contribution in [2.45, 2.75) is 6.42 Å². The van der Waals surface area contributed by atoms with E-state index < -0.39 is 0 Å². The third-order valence-corrected chi connectivity index (χ3v) is 4.08. The SMILES string of the molecule is NCCc1sc(-c2cccnc2)nc1-c1cccnc1. The van der Waals surface area contributed by atoms with Crippen molar-refractivity contribution >= 4 is 11.3 Å². The predicted molar refractivity (Wildman–Crippen MR) is 81.3 cm³/mol. The van der Waals surface area contributed by atoms with E-state index in [2.05, 4.69) is 9.97 Å². The molecule has 0 saturated heterocycles. The molecule has 3 aromatic heterocycles. The second-order valence-electron chi connectivity index (χ2n) is 4.31. The molecule has 20 heavy (non-hydrogen) atoms. The van der Waals surface area contributed by atoms with Crippen LogP contribution in [0.1, 0.15) is 4.88 Å². The van der Waals surface area contributed by atoms with E-state index in [1.807, 2.05) is 36.7 Å². The van der Waals surface area contributed by atoms with Gasteiger partial charge >= 0.3 is 0 Å². The zero-order valence-electron chi connectivity index (χ0n) is 10.9. The molecule has 0 amide bonds. The topological polar surface area (TPSA) is 64.7 Å². The monoisotopic (exact) mass is 282 g/mol. The molecular weight excluding hydrogens is 268 g/mol. The highest BCUT2D eigenvalue weighted by molar-refractivity contribution is 7.15. The van der Waals surface area contributed by atoms with Gasteiger partial charge in [-0.05, 0) is 37.2 Å². The third-order valence-electron chi connectivity index (χ3n) is 2.91. The Labute approximate surface area is 121 Å². The summed E-state index contributed by atoms with van der Waals surface area (Å²) in [4.78, 5) is 14.3. The van der Waals surface area contributed by atoms with Crippen molar-refractivity contribution in [3.63, 3.8) is 0 Å². The van der Waals surface area contributed by atoms with Gasteiger partial charge in [0.1, 0.15) is 5.01 Å². The molecule has 0 bridgehead atoms. The molecule has 3 heterocycles. The Morgan fingerprint density at radius 3 is 2.30 bits per heavy atom. The molecular formula is C15H14N4S. The average molecular weight is 282 g/mol. The fourth-order valence-electron chi connectivity index (χ4n) is 1.99. The summed E-state index contributed by atoms with van der Waals surface area (Å²) < 4.78 is 0. The van der Waals surface area contributed by atoms with Gasteiger partial charge in [-0.1, -0.05) is 0 Å². The first kappa shape index (κ1) is 12.9. The maximum Gasteiger partial charge on any atom is 0.125 e. The molecule has 3 rings (SSSR count). The van der Waals surface area contributed by atoms with Gasteiger partial charge in [0.25, 0.3) is 0 Å². The molecule has 0 aliphatic carbocycles. The Morgan fingerprint density at radius 2 is 1.70 bits per heavy atom. The summed E-state index contributed by atoms with van der Waals surface area (Å²) >= 11 is 1.67. The Morgan fingerprint density at radius 1 is 1.00 bits per heavy atom. The normalized spacial score (nSPS) is 10.7. The molecule has 0 saturated carbocycles. The maximum atomic E-state index is 5.71. The molecule has 0 aromatic carbocycles. The van der Waals surface area contributed by atoms with Crippen LogP contribution in [-0.2, 0) is 6.42 Å². The van der Waals surface area contributed by atoms with Crippen LogP contribution in [0.3, 0.4) is 0 Å². The zero-order valence-corrected chi connectivity index (χ0v) is 11.7. The number of pyridine rings is 2. The predicted octanol–water partition coefficient (Wildman–Crippen LogP) is 2.77. The van der Waals surface area contributed by atoms with Gasteiger partial charge in [0.2, 0.25) is 0 Å². The Bertz CT molecular complexity index is 680. The summed E-state index contributed by atoms with van der Waals surface area (Å²) in [6.07, 6.45) is 8.02. The molecule has 0 aliphatic heterocycles. The number of aromatic nitrogens is 3. The van der Waals surface area contributed by atoms with Crippen molar-refractivity contribution in [2.24, 2.45) is 5.73 Å². The molecule has 0 fully saturated rings. The van der Waals surface area contributed by atoms with E-state index in [0.29, 0.717) is 6.54 Å². The van der Waals surface area contributed by atoms with Crippen molar-refractivity contribution in [3.05, 3.63) is 53.9 Å². The number of hydrogen-bond acceptors (Lipinski definition) is 5. The molecule has 0 unspecified atom stereocenters. The van der Waals surface area contributed by atoms with Crippen LogP contribution in [0.2, 0.25) is 0 Å². The Kier molecular flexibility index (Phi) is 3.80. The van der Waals surface area contributed by atoms with Crippen molar-refractivity contribution in [3.8, 4) is 21.8 Å². The summed E-state index contributed by atoms with van der Waals surface area (Å²) in [6, 6.07) is 7.88. The fourth-order valence-corrected chi connectivity index (χ4v) is 3.08. The summed E-state index contributed by atoms with van der Waals surface area (Å²) in [6.45, 7) is 0.613. The van der Waals surface area contributed by atoms with Crippen LogP contribution in [-0.4, -0.2) is 21.5 Å². The number of nitrogens with zero attached hydrogens (tertiary/aromatic N) is 3. The van der Waals surface area contributed by atoms with E-state index in [1.165, 1.54) is 4.88 Å². The number of rotatable bonds is 4. The standard InChI is InChI=1S/C15H14N4S/c16-6-5-13-14(11-3-1-7-17-9-11)19-15(20-13)12-4-2-8-18-10-12/h1-4,7-10H,5-6,16H2. The largest absolute Gasteiger partial charge is 0.330 e. The minimum Gasteiger partial charge on any atom is -0.330 e. The molecule has 4 nitrogen and oxygen atoms in total. The lowest BCUT2D eigenvalue weighted by atomic mass is 10.1. The van der Waals surface area contributed by atoms with E-state index in [1.54, 1.807) is 23.7 Å². The molecule has 0 spiro atoms. The van der Waals surface area contributed by atoms with Gasteiger partial charge in [0, 0.05) is 40.8 Å². The zero-order chi connectivity index (χ0) is 13.8. The summed E-state index contributed by atoms with van der Waals surface area (Å²) in [5.41, 5.74) is 8.75. The van der Waals surface area contributed by atoms with Crippen LogP contribution in [0.4, 0.5) is 0 Å². The highest BCUT2D eigenvalue weighted by Crippen LogP contribution is 2.33. The highest BCUT2D eigenvalue weighted by atomic mass is 32.1. The van der Waals surface area contributed by atoms with Gasteiger partial charge in [-0.25, -0.2) is 4.98 Å². The van der Waals surface area contributed by atoms with E-state index in [9.17, 15) is 0 Å². The van der Waals surface area contributed by atoms with Crippen molar-refractivity contribution in [1.82, 2.24) is 15.0 Å². The minimum atomic E-state index is 0.613. The summed E-state index contributed by atoms with van der Waals surface area (Å²) in [7, 11) is 0.